The number of fused-ring (bicyclic) bond motifs is 2. The fraction of sp³-hybridized carbons (Fsp3) is 0.533. The topological polar surface area (TPSA) is 48.5 Å². The molecule has 1 unspecified atom stereocenters. The normalized spacial score (nSPS) is 25.0. The number of amides is 1. The summed E-state index contributed by atoms with van der Waals surface area (Å²) in [5.41, 5.74) is 2.79. The van der Waals surface area contributed by atoms with Crippen molar-refractivity contribution in [2.24, 2.45) is 17.8 Å². The van der Waals surface area contributed by atoms with Crippen LogP contribution in [-0.4, -0.2) is 54.4 Å². The first kappa shape index (κ1) is 23.9. The number of nitrogens with one attached hydrogen (secondary N) is 1. The quantitative estimate of drug-likeness (QED) is 0.507. The van der Waals surface area contributed by atoms with Gasteiger partial charge in [0, 0.05) is 50.6 Å². The SMILES string of the molecule is O=C(NC[C@H]1CCCC[C@@H]1CN1CCN(c2nsc3ccccc23)CC1)C1CCc2ccccc2C1. The molecule has 190 valence electrons. The van der Waals surface area contributed by atoms with Gasteiger partial charge in [-0.3, -0.25) is 9.69 Å². The van der Waals surface area contributed by atoms with E-state index < -0.39 is 0 Å². The lowest BCUT2D eigenvalue weighted by Gasteiger charge is -2.40. The molecule has 1 N–H and O–H groups in total. The largest absolute Gasteiger partial charge is 0.356 e. The maximum atomic E-state index is 13.1. The second kappa shape index (κ2) is 10.9. The van der Waals surface area contributed by atoms with Crippen LogP contribution in [0.4, 0.5) is 5.82 Å². The van der Waals surface area contributed by atoms with Crippen LogP contribution in [0, 0.1) is 17.8 Å². The highest BCUT2D eigenvalue weighted by molar-refractivity contribution is 7.13. The van der Waals surface area contributed by atoms with Crippen molar-refractivity contribution in [3.05, 3.63) is 59.7 Å². The molecule has 1 amide bonds. The third-order valence-corrected chi connectivity index (χ3v) is 9.66. The summed E-state index contributed by atoms with van der Waals surface area (Å²) >= 11 is 1.61. The van der Waals surface area contributed by atoms with E-state index in [1.165, 1.54) is 59.3 Å². The number of hydrogen-bond donors (Lipinski definition) is 1. The van der Waals surface area contributed by atoms with Gasteiger partial charge < -0.3 is 10.2 Å². The van der Waals surface area contributed by atoms with Crippen LogP contribution in [0.25, 0.3) is 10.1 Å². The number of nitrogens with zero attached hydrogens (tertiary/aromatic N) is 3. The van der Waals surface area contributed by atoms with Gasteiger partial charge in [-0.2, -0.15) is 4.37 Å². The fourth-order valence-corrected chi connectivity index (χ4v) is 7.46. The van der Waals surface area contributed by atoms with Crippen LogP contribution in [0.5, 0.6) is 0 Å². The summed E-state index contributed by atoms with van der Waals surface area (Å²) in [6.45, 7) is 6.32. The highest BCUT2D eigenvalue weighted by atomic mass is 32.1. The van der Waals surface area contributed by atoms with Gasteiger partial charge in [-0.05, 0) is 78.7 Å². The van der Waals surface area contributed by atoms with E-state index in [-0.39, 0.29) is 11.8 Å². The molecule has 1 saturated heterocycles. The lowest BCUT2D eigenvalue weighted by molar-refractivity contribution is -0.125. The van der Waals surface area contributed by atoms with Crippen molar-refractivity contribution in [2.45, 2.75) is 44.9 Å². The van der Waals surface area contributed by atoms with Crippen molar-refractivity contribution in [2.75, 3.05) is 44.2 Å². The van der Waals surface area contributed by atoms with Crippen LogP contribution in [-0.2, 0) is 17.6 Å². The van der Waals surface area contributed by atoms with Crippen molar-refractivity contribution in [3.8, 4) is 0 Å². The van der Waals surface area contributed by atoms with Crippen molar-refractivity contribution >= 4 is 33.3 Å². The molecule has 6 rings (SSSR count). The standard InChI is InChI=1S/C30H38N4OS/c35-30(24-14-13-22-7-1-2-8-23(22)19-24)31-20-25-9-3-4-10-26(25)21-33-15-17-34(18-16-33)29-27-11-5-6-12-28(27)36-32-29/h1-2,5-8,11-12,24-26H,3-4,9-10,13-21H2,(H,31,35)/t24?,25-,26-/m1/s1. The Hall–Kier alpha value is -2.44. The van der Waals surface area contributed by atoms with Gasteiger partial charge in [-0.15, -0.1) is 0 Å². The van der Waals surface area contributed by atoms with E-state index in [0.717, 1.165) is 52.0 Å². The van der Waals surface area contributed by atoms with E-state index in [4.69, 9.17) is 4.37 Å². The summed E-state index contributed by atoms with van der Waals surface area (Å²) in [5.74, 6) is 2.88. The molecule has 2 heterocycles. The van der Waals surface area contributed by atoms with Gasteiger partial charge in [0.25, 0.3) is 0 Å². The van der Waals surface area contributed by atoms with E-state index in [1.807, 2.05) is 0 Å². The first-order valence-electron chi connectivity index (χ1n) is 13.9. The molecule has 3 atom stereocenters. The zero-order valence-electron chi connectivity index (χ0n) is 21.2. The number of anilines is 1. The number of rotatable bonds is 6. The molecular formula is C30H38N4OS. The van der Waals surface area contributed by atoms with Gasteiger partial charge in [-0.1, -0.05) is 49.2 Å². The maximum Gasteiger partial charge on any atom is 0.223 e. The Morgan fingerprint density at radius 2 is 1.67 bits per heavy atom. The number of piperazine rings is 1. The van der Waals surface area contributed by atoms with Gasteiger partial charge in [0.05, 0.1) is 4.70 Å². The van der Waals surface area contributed by atoms with E-state index in [2.05, 4.69) is 63.6 Å². The molecule has 0 radical (unpaired) electrons. The van der Waals surface area contributed by atoms with Crippen molar-refractivity contribution in [1.82, 2.24) is 14.6 Å². The molecule has 3 aromatic rings. The zero-order valence-corrected chi connectivity index (χ0v) is 22.0. The van der Waals surface area contributed by atoms with Crippen LogP contribution in [0.2, 0.25) is 0 Å². The molecule has 0 bridgehead atoms. The van der Waals surface area contributed by atoms with Gasteiger partial charge in [0.2, 0.25) is 5.91 Å². The molecule has 5 nitrogen and oxygen atoms in total. The summed E-state index contributed by atoms with van der Waals surface area (Å²) in [7, 11) is 0. The molecule has 6 heteroatoms. The Kier molecular flexibility index (Phi) is 7.24. The number of benzene rings is 2. The Morgan fingerprint density at radius 3 is 2.53 bits per heavy atom. The third-order valence-electron chi connectivity index (χ3n) is 8.85. The highest BCUT2D eigenvalue weighted by Gasteiger charge is 2.30. The molecule has 0 spiro atoms. The lowest BCUT2D eigenvalue weighted by atomic mass is 9.78. The fourth-order valence-electron chi connectivity index (χ4n) is 6.67. The molecule has 2 fully saturated rings. The van der Waals surface area contributed by atoms with Gasteiger partial charge in [-0.25, -0.2) is 0 Å². The third kappa shape index (κ3) is 5.16. The minimum atomic E-state index is 0.136. The smallest absolute Gasteiger partial charge is 0.223 e. The number of carbonyl (C=O) groups is 1. The Bertz CT molecular complexity index is 1180. The van der Waals surface area contributed by atoms with Crippen LogP contribution < -0.4 is 10.2 Å². The average molecular weight is 503 g/mol. The van der Waals surface area contributed by atoms with Crippen molar-refractivity contribution < 1.29 is 4.79 Å². The molecule has 2 aliphatic carbocycles. The summed E-state index contributed by atoms with van der Waals surface area (Å²) < 4.78 is 6.05. The predicted molar refractivity (Wildman–Crippen MR) is 149 cm³/mol. The Balaban J connectivity index is 1.00. The molecule has 2 aromatic carbocycles. The molecular weight excluding hydrogens is 464 g/mol. The molecule has 36 heavy (non-hydrogen) atoms. The van der Waals surface area contributed by atoms with E-state index in [0.29, 0.717) is 11.8 Å². The van der Waals surface area contributed by atoms with Gasteiger partial charge in [0.1, 0.15) is 5.82 Å². The number of aromatic nitrogens is 1. The molecule has 1 aliphatic heterocycles. The van der Waals surface area contributed by atoms with Crippen LogP contribution in [0.3, 0.4) is 0 Å². The van der Waals surface area contributed by atoms with Gasteiger partial charge >= 0.3 is 0 Å². The van der Waals surface area contributed by atoms with E-state index in [1.54, 1.807) is 11.5 Å². The minimum absolute atomic E-state index is 0.136. The van der Waals surface area contributed by atoms with Crippen molar-refractivity contribution in [3.63, 3.8) is 0 Å². The monoisotopic (exact) mass is 502 g/mol. The Labute approximate surface area is 219 Å². The molecule has 1 aromatic heterocycles. The van der Waals surface area contributed by atoms with Crippen molar-refractivity contribution in [1.29, 1.82) is 0 Å². The van der Waals surface area contributed by atoms with Crippen LogP contribution in [0.15, 0.2) is 48.5 Å². The lowest BCUT2D eigenvalue weighted by Crippen LogP contribution is -2.49. The van der Waals surface area contributed by atoms with E-state index >= 15 is 0 Å². The van der Waals surface area contributed by atoms with Crippen LogP contribution >= 0.6 is 11.5 Å². The number of hydrogen-bond acceptors (Lipinski definition) is 5. The predicted octanol–water partition coefficient (Wildman–Crippen LogP) is 5.15. The van der Waals surface area contributed by atoms with Gasteiger partial charge in [0.15, 0.2) is 0 Å². The number of carbonyl (C=O) groups excluding carboxylic acids is 1. The molecule has 3 aliphatic rings. The first-order chi connectivity index (χ1) is 17.7. The zero-order chi connectivity index (χ0) is 24.3. The van der Waals surface area contributed by atoms with Crippen LogP contribution in [0.1, 0.15) is 43.2 Å². The first-order valence-corrected chi connectivity index (χ1v) is 14.7. The second-order valence-electron chi connectivity index (χ2n) is 11.0. The maximum absolute atomic E-state index is 13.1. The summed E-state index contributed by atoms with van der Waals surface area (Å²) in [4.78, 5) is 18.2. The minimum Gasteiger partial charge on any atom is -0.356 e. The second-order valence-corrected chi connectivity index (χ2v) is 11.9. The summed E-state index contributed by atoms with van der Waals surface area (Å²) in [5, 5.41) is 4.68. The summed E-state index contributed by atoms with van der Waals surface area (Å²) in [6, 6.07) is 17.2. The Morgan fingerprint density at radius 1 is 0.917 bits per heavy atom. The average Bonchev–Trinajstić information content (AvgIpc) is 3.37. The highest BCUT2D eigenvalue weighted by Crippen LogP contribution is 2.33. The molecule has 1 saturated carbocycles. The summed E-state index contributed by atoms with van der Waals surface area (Å²) in [6.07, 6.45) is 8.10. The van der Waals surface area contributed by atoms with E-state index in [9.17, 15) is 4.79 Å². The number of aryl methyl sites for hydroxylation is 1.